The van der Waals surface area contributed by atoms with Crippen LogP contribution in [-0.4, -0.2) is 11.0 Å². The van der Waals surface area contributed by atoms with Crippen LogP contribution in [0, 0.1) is 23.0 Å². The molecule has 0 bridgehead atoms. The van der Waals surface area contributed by atoms with E-state index < -0.39 is 0 Å². The van der Waals surface area contributed by atoms with Crippen LogP contribution in [0.4, 0.5) is 5.69 Å². The monoisotopic (exact) mass is 248 g/mol. The predicted octanol–water partition coefficient (Wildman–Crippen LogP) is 3.18. The fourth-order valence-electron chi connectivity index (χ4n) is 2.28. The molecule has 4 nitrogen and oxygen atoms in total. The number of hydrogen-bond acceptors (Lipinski definition) is 3. The van der Waals surface area contributed by atoms with E-state index in [4.69, 9.17) is 0 Å². The first-order chi connectivity index (χ1) is 8.58. The third-order valence-corrected chi connectivity index (χ3v) is 3.64. The van der Waals surface area contributed by atoms with Gasteiger partial charge in [0.1, 0.15) is 0 Å². The summed E-state index contributed by atoms with van der Waals surface area (Å²) in [5, 5.41) is 14.3. The molecule has 1 atom stereocenters. The summed E-state index contributed by atoms with van der Waals surface area (Å²) in [6, 6.07) is 5.76. The Morgan fingerprint density at radius 2 is 2.22 bits per heavy atom. The Morgan fingerprint density at radius 3 is 2.83 bits per heavy atom. The number of benzene rings is 1. The van der Waals surface area contributed by atoms with Crippen LogP contribution in [0.5, 0.6) is 0 Å². The van der Waals surface area contributed by atoms with Gasteiger partial charge in [-0.05, 0) is 31.7 Å². The average molecular weight is 248 g/mol. The van der Waals surface area contributed by atoms with E-state index in [1.54, 1.807) is 12.1 Å². The minimum atomic E-state index is -0.313. The van der Waals surface area contributed by atoms with E-state index in [1.165, 1.54) is 19.3 Å². The van der Waals surface area contributed by atoms with Crippen LogP contribution in [0.2, 0.25) is 0 Å². The van der Waals surface area contributed by atoms with Crippen LogP contribution >= 0.6 is 0 Å². The van der Waals surface area contributed by atoms with E-state index in [0.29, 0.717) is 12.6 Å². The molecule has 1 aliphatic rings. The van der Waals surface area contributed by atoms with Gasteiger partial charge in [-0.3, -0.25) is 10.1 Å². The number of rotatable bonds is 6. The van der Waals surface area contributed by atoms with Crippen LogP contribution in [0.25, 0.3) is 0 Å². The Kier molecular flexibility index (Phi) is 3.97. The molecule has 0 heterocycles. The van der Waals surface area contributed by atoms with Gasteiger partial charge in [-0.2, -0.15) is 0 Å². The van der Waals surface area contributed by atoms with Gasteiger partial charge in [0.05, 0.1) is 4.92 Å². The van der Waals surface area contributed by atoms with Crippen molar-refractivity contribution in [1.82, 2.24) is 5.32 Å². The minimum absolute atomic E-state index is 0.212. The smallest absolute Gasteiger partial charge is 0.272 e. The van der Waals surface area contributed by atoms with Gasteiger partial charge in [-0.25, -0.2) is 0 Å². The molecule has 1 aromatic rings. The lowest BCUT2D eigenvalue weighted by molar-refractivity contribution is -0.385. The van der Waals surface area contributed by atoms with Crippen molar-refractivity contribution in [2.24, 2.45) is 5.92 Å². The highest BCUT2D eigenvalue weighted by atomic mass is 16.6. The average Bonchev–Trinajstić information content (AvgIpc) is 3.11. The Morgan fingerprint density at radius 1 is 1.50 bits per heavy atom. The molecule has 0 aliphatic heterocycles. The Bertz CT molecular complexity index is 441. The summed E-state index contributed by atoms with van der Waals surface area (Å²) < 4.78 is 0. The van der Waals surface area contributed by atoms with Crippen molar-refractivity contribution in [3.8, 4) is 0 Å². The molecular formula is C14H20N2O2. The molecule has 0 aromatic heterocycles. The normalized spacial score (nSPS) is 16.6. The molecule has 0 saturated heterocycles. The summed E-state index contributed by atoms with van der Waals surface area (Å²) in [7, 11) is 0. The molecule has 1 saturated carbocycles. The molecule has 1 fully saturated rings. The third-order valence-electron chi connectivity index (χ3n) is 3.64. The molecule has 0 radical (unpaired) electrons. The van der Waals surface area contributed by atoms with Crippen LogP contribution in [0.3, 0.4) is 0 Å². The van der Waals surface area contributed by atoms with E-state index >= 15 is 0 Å². The largest absolute Gasteiger partial charge is 0.310 e. The van der Waals surface area contributed by atoms with Crippen molar-refractivity contribution in [3.05, 3.63) is 39.4 Å². The van der Waals surface area contributed by atoms with Gasteiger partial charge in [0.25, 0.3) is 5.69 Å². The van der Waals surface area contributed by atoms with Crippen molar-refractivity contribution >= 4 is 5.69 Å². The van der Waals surface area contributed by atoms with E-state index in [2.05, 4.69) is 12.2 Å². The highest BCUT2D eigenvalue weighted by Gasteiger charge is 2.23. The molecule has 2 rings (SSSR count). The number of nitro groups is 1. The number of hydrogen-bond donors (Lipinski definition) is 1. The molecule has 1 aromatic carbocycles. The van der Waals surface area contributed by atoms with Crippen LogP contribution in [0.15, 0.2) is 18.2 Å². The van der Waals surface area contributed by atoms with Gasteiger partial charge in [0, 0.05) is 24.2 Å². The lowest BCUT2D eigenvalue weighted by atomic mass is 10.1. The standard InChI is InChI=1S/C14H20N2O2/c1-10(8-12-6-7-12)15-9-13-4-3-5-14(11(13)2)16(17)18/h3-5,10,12,15H,6-9H2,1-2H3. The fourth-order valence-corrected chi connectivity index (χ4v) is 2.28. The summed E-state index contributed by atoms with van der Waals surface area (Å²) in [5.74, 6) is 0.902. The summed E-state index contributed by atoms with van der Waals surface area (Å²) in [6.07, 6.45) is 3.94. The summed E-state index contributed by atoms with van der Waals surface area (Å²) in [4.78, 5) is 10.5. The minimum Gasteiger partial charge on any atom is -0.310 e. The first-order valence-electron chi connectivity index (χ1n) is 6.54. The molecule has 1 unspecified atom stereocenters. The van der Waals surface area contributed by atoms with E-state index in [1.807, 2.05) is 13.0 Å². The van der Waals surface area contributed by atoms with E-state index in [0.717, 1.165) is 17.0 Å². The van der Waals surface area contributed by atoms with Gasteiger partial charge in [-0.1, -0.05) is 25.0 Å². The lowest BCUT2D eigenvalue weighted by Crippen LogP contribution is -2.26. The molecule has 1 N–H and O–H groups in total. The molecule has 4 heteroatoms. The molecule has 0 spiro atoms. The highest BCUT2D eigenvalue weighted by Crippen LogP contribution is 2.33. The fraction of sp³-hybridized carbons (Fsp3) is 0.571. The van der Waals surface area contributed by atoms with Gasteiger partial charge in [0.2, 0.25) is 0 Å². The topological polar surface area (TPSA) is 55.2 Å². The molecule has 0 amide bonds. The zero-order valence-corrected chi connectivity index (χ0v) is 11.0. The van der Waals surface area contributed by atoms with Gasteiger partial charge in [-0.15, -0.1) is 0 Å². The number of nitrogens with zero attached hydrogens (tertiary/aromatic N) is 1. The second-order valence-corrected chi connectivity index (χ2v) is 5.28. The third kappa shape index (κ3) is 3.29. The summed E-state index contributed by atoms with van der Waals surface area (Å²) in [5.41, 5.74) is 2.00. The highest BCUT2D eigenvalue weighted by molar-refractivity contribution is 5.44. The van der Waals surface area contributed by atoms with Crippen molar-refractivity contribution < 1.29 is 4.92 Å². The summed E-state index contributed by atoms with van der Waals surface area (Å²) in [6.45, 7) is 4.72. The van der Waals surface area contributed by atoms with Crippen molar-refractivity contribution in [1.29, 1.82) is 0 Å². The maximum absolute atomic E-state index is 10.9. The second-order valence-electron chi connectivity index (χ2n) is 5.28. The Hall–Kier alpha value is -1.42. The first kappa shape index (κ1) is 13.0. The Balaban J connectivity index is 1.95. The van der Waals surface area contributed by atoms with Crippen LogP contribution < -0.4 is 5.32 Å². The van der Waals surface area contributed by atoms with Gasteiger partial charge in [0.15, 0.2) is 0 Å². The maximum Gasteiger partial charge on any atom is 0.272 e. The molecular weight excluding hydrogens is 228 g/mol. The van der Waals surface area contributed by atoms with Crippen molar-refractivity contribution in [2.45, 2.75) is 45.7 Å². The second kappa shape index (κ2) is 5.48. The van der Waals surface area contributed by atoms with E-state index in [9.17, 15) is 10.1 Å². The van der Waals surface area contributed by atoms with Crippen LogP contribution in [-0.2, 0) is 6.54 Å². The SMILES string of the molecule is Cc1c(CNC(C)CC2CC2)cccc1[N+](=O)[O-]. The lowest BCUT2D eigenvalue weighted by Gasteiger charge is -2.14. The van der Waals surface area contributed by atoms with Crippen molar-refractivity contribution in [3.63, 3.8) is 0 Å². The number of nitrogens with one attached hydrogen (secondary N) is 1. The van der Waals surface area contributed by atoms with E-state index in [-0.39, 0.29) is 10.6 Å². The molecule has 18 heavy (non-hydrogen) atoms. The zero-order valence-electron chi connectivity index (χ0n) is 11.0. The van der Waals surface area contributed by atoms with Crippen LogP contribution in [0.1, 0.15) is 37.3 Å². The molecule has 98 valence electrons. The first-order valence-corrected chi connectivity index (χ1v) is 6.54. The quantitative estimate of drug-likeness (QED) is 0.621. The zero-order chi connectivity index (χ0) is 13.1. The molecule has 1 aliphatic carbocycles. The maximum atomic E-state index is 10.9. The van der Waals surface area contributed by atoms with Gasteiger partial charge >= 0.3 is 0 Å². The Labute approximate surface area is 108 Å². The number of nitro benzene ring substituents is 1. The predicted molar refractivity (Wildman–Crippen MR) is 71.5 cm³/mol. The summed E-state index contributed by atoms with van der Waals surface area (Å²) >= 11 is 0. The van der Waals surface area contributed by atoms with Gasteiger partial charge < -0.3 is 5.32 Å². The van der Waals surface area contributed by atoms with Crippen molar-refractivity contribution in [2.75, 3.05) is 0 Å².